The Morgan fingerprint density at radius 1 is 1.04 bits per heavy atom. The molecule has 0 aliphatic rings. The van der Waals surface area contributed by atoms with Gasteiger partial charge >= 0.3 is 5.97 Å². The van der Waals surface area contributed by atoms with Crippen molar-refractivity contribution in [1.82, 2.24) is 5.32 Å². The average Bonchev–Trinajstić information content (AvgIpc) is 2.68. The lowest BCUT2D eigenvalue weighted by atomic mass is 10.00. The quantitative estimate of drug-likeness (QED) is 0.686. The van der Waals surface area contributed by atoms with Gasteiger partial charge in [-0.05, 0) is 42.2 Å². The van der Waals surface area contributed by atoms with Gasteiger partial charge in [-0.2, -0.15) is 0 Å². The highest BCUT2D eigenvalue weighted by Crippen LogP contribution is 2.20. The minimum absolute atomic E-state index is 0.0415. The summed E-state index contributed by atoms with van der Waals surface area (Å²) in [4.78, 5) is 24.2. The highest BCUT2D eigenvalue weighted by molar-refractivity contribution is 5.90. The Morgan fingerprint density at radius 3 is 2.25 bits per heavy atom. The summed E-state index contributed by atoms with van der Waals surface area (Å²) in [6, 6.07) is 13.7. The number of ether oxygens (including phenoxy) is 2. The molecule has 2 atom stereocenters. The zero-order chi connectivity index (χ0) is 20.7. The molecular formula is C22H27NO5. The summed E-state index contributed by atoms with van der Waals surface area (Å²) in [5, 5.41) is 12.2. The zero-order valence-electron chi connectivity index (χ0n) is 16.6. The normalized spacial score (nSPS) is 13.0. The van der Waals surface area contributed by atoms with Crippen molar-refractivity contribution < 1.29 is 24.2 Å². The first-order chi connectivity index (χ1) is 13.3. The minimum Gasteiger partial charge on any atom is -0.497 e. The van der Waals surface area contributed by atoms with Crippen LogP contribution in [0.5, 0.6) is 5.75 Å². The van der Waals surface area contributed by atoms with E-state index in [-0.39, 0.29) is 17.4 Å². The van der Waals surface area contributed by atoms with Crippen molar-refractivity contribution in [3.63, 3.8) is 0 Å². The lowest BCUT2D eigenvalue weighted by Gasteiger charge is -2.24. The van der Waals surface area contributed by atoms with Crippen LogP contribution in [0, 0.1) is 5.92 Å². The molecular weight excluding hydrogens is 358 g/mol. The molecule has 0 heterocycles. The number of nitrogens with one attached hydrogen (secondary N) is 1. The number of carboxylic acid groups (broad SMARTS) is 1. The van der Waals surface area contributed by atoms with Crippen molar-refractivity contribution in [2.45, 2.75) is 39.5 Å². The molecule has 0 unspecified atom stereocenters. The van der Waals surface area contributed by atoms with Gasteiger partial charge in [-0.1, -0.05) is 44.2 Å². The number of methoxy groups -OCH3 is 1. The summed E-state index contributed by atoms with van der Waals surface area (Å²) >= 11 is 0. The number of rotatable bonds is 9. The molecule has 2 N–H and O–H groups in total. The summed E-state index contributed by atoms with van der Waals surface area (Å²) in [7, 11) is 1.61. The first-order valence-electron chi connectivity index (χ1n) is 9.20. The van der Waals surface area contributed by atoms with Crippen molar-refractivity contribution in [2.24, 2.45) is 5.92 Å². The van der Waals surface area contributed by atoms with Crippen molar-refractivity contribution in [3.8, 4) is 5.75 Å². The fraction of sp³-hybridized carbons (Fsp3) is 0.364. The van der Waals surface area contributed by atoms with E-state index >= 15 is 0 Å². The third-order valence-corrected chi connectivity index (χ3v) is 4.47. The number of amides is 1. The van der Waals surface area contributed by atoms with Crippen LogP contribution < -0.4 is 10.1 Å². The van der Waals surface area contributed by atoms with Crippen molar-refractivity contribution in [1.29, 1.82) is 0 Å². The van der Waals surface area contributed by atoms with Crippen LogP contribution in [0.2, 0.25) is 0 Å². The van der Waals surface area contributed by atoms with E-state index in [4.69, 9.17) is 9.47 Å². The van der Waals surface area contributed by atoms with Gasteiger partial charge in [0, 0.05) is 0 Å². The van der Waals surface area contributed by atoms with Crippen LogP contribution >= 0.6 is 0 Å². The van der Waals surface area contributed by atoms with Gasteiger partial charge in [0.25, 0.3) is 0 Å². The molecule has 0 fully saturated rings. The van der Waals surface area contributed by atoms with Crippen LogP contribution in [0.15, 0.2) is 48.5 Å². The number of aromatic carboxylic acids is 1. The molecule has 0 aliphatic carbocycles. The predicted octanol–water partition coefficient (Wildman–Crippen LogP) is 3.81. The van der Waals surface area contributed by atoms with Crippen LogP contribution in [0.1, 0.15) is 48.3 Å². The zero-order valence-corrected chi connectivity index (χ0v) is 16.6. The molecule has 150 valence electrons. The van der Waals surface area contributed by atoms with E-state index in [1.54, 1.807) is 32.2 Å². The van der Waals surface area contributed by atoms with E-state index in [0.29, 0.717) is 12.2 Å². The number of hydrogen-bond donors (Lipinski definition) is 2. The van der Waals surface area contributed by atoms with E-state index in [1.807, 2.05) is 38.1 Å². The molecule has 28 heavy (non-hydrogen) atoms. The van der Waals surface area contributed by atoms with E-state index in [1.165, 1.54) is 6.07 Å². The van der Waals surface area contributed by atoms with Gasteiger partial charge in [0.1, 0.15) is 11.9 Å². The van der Waals surface area contributed by atoms with Crippen molar-refractivity contribution >= 4 is 11.9 Å². The maximum atomic E-state index is 12.8. The Morgan fingerprint density at radius 2 is 1.68 bits per heavy atom. The van der Waals surface area contributed by atoms with Crippen LogP contribution in [0.25, 0.3) is 0 Å². The van der Waals surface area contributed by atoms with Gasteiger partial charge in [0.05, 0.1) is 25.3 Å². The van der Waals surface area contributed by atoms with Gasteiger partial charge in [-0.25, -0.2) is 4.79 Å². The molecule has 0 aromatic heterocycles. The molecule has 6 nitrogen and oxygen atoms in total. The fourth-order valence-corrected chi connectivity index (χ4v) is 2.92. The Bertz CT molecular complexity index is 801. The lowest BCUT2D eigenvalue weighted by molar-refractivity contribution is -0.137. The predicted molar refractivity (Wildman–Crippen MR) is 106 cm³/mol. The van der Waals surface area contributed by atoms with Crippen molar-refractivity contribution in [2.75, 3.05) is 7.11 Å². The van der Waals surface area contributed by atoms with E-state index in [9.17, 15) is 14.7 Å². The van der Waals surface area contributed by atoms with Crippen molar-refractivity contribution in [3.05, 3.63) is 65.2 Å². The second-order valence-corrected chi connectivity index (χ2v) is 6.95. The Hall–Kier alpha value is -2.86. The highest BCUT2D eigenvalue weighted by atomic mass is 16.5. The first kappa shape index (κ1) is 21.4. The lowest BCUT2D eigenvalue weighted by Crippen LogP contribution is -2.41. The molecule has 0 saturated heterocycles. The SMILES string of the molecule is COc1ccc(CO[C@H](C(=O)N[C@@H](C)c2ccccc2C(=O)O)C(C)C)cc1. The van der Waals surface area contributed by atoms with E-state index in [0.717, 1.165) is 11.3 Å². The van der Waals surface area contributed by atoms with Crippen LogP contribution in [-0.2, 0) is 16.1 Å². The van der Waals surface area contributed by atoms with Gasteiger partial charge in [-0.15, -0.1) is 0 Å². The summed E-state index contributed by atoms with van der Waals surface area (Å²) in [6.45, 7) is 5.88. The maximum absolute atomic E-state index is 12.8. The third-order valence-electron chi connectivity index (χ3n) is 4.47. The first-order valence-corrected chi connectivity index (χ1v) is 9.20. The molecule has 0 bridgehead atoms. The van der Waals surface area contributed by atoms with Gasteiger partial charge < -0.3 is 19.9 Å². The Balaban J connectivity index is 2.05. The second kappa shape index (κ2) is 9.90. The van der Waals surface area contributed by atoms with Gasteiger partial charge in [0.2, 0.25) is 5.91 Å². The number of carbonyl (C=O) groups excluding carboxylic acids is 1. The Labute approximate surface area is 165 Å². The molecule has 0 saturated carbocycles. The molecule has 0 radical (unpaired) electrons. The second-order valence-electron chi connectivity index (χ2n) is 6.95. The molecule has 2 rings (SSSR count). The number of hydrogen-bond acceptors (Lipinski definition) is 4. The largest absolute Gasteiger partial charge is 0.497 e. The van der Waals surface area contributed by atoms with E-state index < -0.39 is 18.1 Å². The van der Waals surface area contributed by atoms with Gasteiger partial charge in [-0.3, -0.25) is 4.79 Å². The fourth-order valence-electron chi connectivity index (χ4n) is 2.92. The van der Waals surface area contributed by atoms with Crippen LogP contribution in [0.3, 0.4) is 0 Å². The summed E-state index contributed by atoms with van der Waals surface area (Å²) in [6.07, 6.45) is -0.651. The summed E-state index contributed by atoms with van der Waals surface area (Å²) in [5.41, 5.74) is 1.67. The molecule has 0 spiro atoms. The van der Waals surface area contributed by atoms with Gasteiger partial charge in [0.15, 0.2) is 0 Å². The number of carboxylic acids is 1. The monoisotopic (exact) mass is 385 g/mol. The maximum Gasteiger partial charge on any atom is 0.336 e. The van der Waals surface area contributed by atoms with Crippen LogP contribution in [0.4, 0.5) is 0 Å². The third kappa shape index (κ3) is 5.57. The molecule has 2 aromatic rings. The standard InChI is InChI=1S/C22H27NO5/c1-14(2)20(28-13-16-9-11-17(27-4)12-10-16)21(24)23-15(3)18-7-5-6-8-19(18)22(25)26/h5-12,14-15,20H,13H2,1-4H3,(H,23,24)(H,25,26)/t15-,20-/m0/s1. The number of carbonyl (C=O) groups is 2. The number of benzene rings is 2. The molecule has 2 aromatic carbocycles. The Kier molecular flexibility index (Phi) is 7.58. The molecule has 6 heteroatoms. The molecule has 1 amide bonds. The summed E-state index contributed by atoms with van der Waals surface area (Å²) in [5.74, 6) is -0.572. The highest BCUT2D eigenvalue weighted by Gasteiger charge is 2.26. The molecule has 0 aliphatic heterocycles. The van der Waals surface area contributed by atoms with Crippen LogP contribution in [-0.4, -0.2) is 30.2 Å². The smallest absolute Gasteiger partial charge is 0.336 e. The summed E-state index contributed by atoms with van der Waals surface area (Å²) < 4.78 is 11.0. The average molecular weight is 385 g/mol. The topological polar surface area (TPSA) is 84.9 Å². The minimum atomic E-state index is -1.02. The van der Waals surface area contributed by atoms with E-state index in [2.05, 4.69) is 5.32 Å².